The van der Waals surface area contributed by atoms with E-state index in [0.717, 1.165) is 19.6 Å². The van der Waals surface area contributed by atoms with Gasteiger partial charge in [-0.25, -0.2) is 9.59 Å². The summed E-state index contributed by atoms with van der Waals surface area (Å²) in [5, 5.41) is 14.3. The molecule has 1 saturated heterocycles. The van der Waals surface area contributed by atoms with Crippen molar-refractivity contribution in [3.8, 4) is 0 Å². The highest BCUT2D eigenvalue weighted by Crippen LogP contribution is 2.08. The summed E-state index contributed by atoms with van der Waals surface area (Å²) in [4.78, 5) is 25.2. The lowest BCUT2D eigenvalue weighted by Crippen LogP contribution is -2.52. The number of likely N-dealkylation sites (N-methyl/N-ethyl adjacent to an activating group) is 1. The van der Waals surface area contributed by atoms with Crippen molar-refractivity contribution >= 4 is 12.0 Å². The molecule has 0 saturated carbocycles. The van der Waals surface area contributed by atoms with Crippen LogP contribution in [0.15, 0.2) is 0 Å². The summed E-state index contributed by atoms with van der Waals surface area (Å²) in [5.41, 5.74) is 0. The minimum atomic E-state index is -1.01. The summed E-state index contributed by atoms with van der Waals surface area (Å²) < 4.78 is 5.58. The van der Waals surface area contributed by atoms with Crippen LogP contribution in [0.5, 0.6) is 0 Å². The van der Waals surface area contributed by atoms with Gasteiger partial charge in [-0.15, -0.1) is 0 Å². The molecule has 1 aliphatic rings. The summed E-state index contributed by atoms with van der Waals surface area (Å²) in [6.07, 6.45) is 0.644. The van der Waals surface area contributed by atoms with Crippen LogP contribution in [-0.2, 0) is 9.53 Å². The number of hydrogen-bond donors (Lipinski definition) is 3. The lowest BCUT2D eigenvalue weighted by Gasteiger charge is -2.32. The second-order valence-corrected chi connectivity index (χ2v) is 5.44. The van der Waals surface area contributed by atoms with E-state index in [1.807, 2.05) is 13.8 Å². The maximum atomic E-state index is 11.8. The monoisotopic (exact) mass is 301 g/mol. The molecular formula is C14H27N3O4. The molecule has 0 aromatic carbocycles. The quantitative estimate of drug-likeness (QED) is 0.637. The molecule has 1 aliphatic heterocycles. The van der Waals surface area contributed by atoms with Gasteiger partial charge in [0.25, 0.3) is 0 Å². The third-order valence-corrected chi connectivity index (χ3v) is 3.93. The minimum absolute atomic E-state index is 0.0451. The molecule has 0 aromatic heterocycles. The molecule has 122 valence electrons. The number of ether oxygens (including phenoxy) is 1. The van der Waals surface area contributed by atoms with Crippen molar-refractivity contribution < 1.29 is 19.4 Å². The van der Waals surface area contributed by atoms with Crippen molar-refractivity contribution in [2.45, 2.75) is 39.3 Å². The van der Waals surface area contributed by atoms with Gasteiger partial charge in [-0.2, -0.15) is 0 Å². The van der Waals surface area contributed by atoms with Gasteiger partial charge in [-0.3, -0.25) is 4.90 Å². The predicted molar refractivity (Wildman–Crippen MR) is 79.3 cm³/mol. The van der Waals surface area contributed by atoms with Crippen molar-refractivity contribution in [2.24, 2.45) is 5.92 Å². The third kappa shape index (κ3) is 5.89. The predicted octanol–water partition coefficient (Wildman–Crippen LogP) is 0.506. The molecule has 0 aliphatic carbocycles. The lowest BCUT2D eigenvalue weighted by atomic mass is 9.99. The SMILES string of the molecule is CC[C@H](C)[C@H](NC(=O)NCC1CN(CC)CCO1)C(=O)O. The Morgan fingerprint density at radius 2 is 2.14 bits per heavy atom. The first-order chi connectivity index (χ1) is 9.97. The number of urea groups is 1. The third-order valence-electron chi connectivity index (χ3n) is 3.93. The normalized spacial score (nSPS) is 22.3. The number of carboxylic acids is 1. The molecule has 1 fully saturated rings. The molecule has 2 amide bonds. The van der Waals surface area contributed by atoms with Crippen LogP contribution in [0.25, 0.3) is 0 Å². The second kappa shape index (κ2) is 8.84. The molecule has 1 unspecified atom stereocenters. The van der Waals surface area contributed by atoms with E-state index in [9.17, 15) is 9.59 Å². The van der Waals surface area contributed by atoms with Crippen molar-refractivity contribution in [3.05, 3.63) is 0 Å². The van der Waals surface area contributed by atoms with Crippen LogP contribution in [0.3, 0.4) is 0 Å². The molecule has 7 heteroatoms. The molecule has 0 aromatic rings. The van der Waals surface area contributed by atoms with Gasteiger partial charge in [0.05, 0.1) is 12.7 Å². The summed E-state index contributed by atoms with van der Waals surface area (Å²) in [5.74, 6) is -1.12. The number of carboxylic acid groups (broad SMARTS) is 1. The number of carbonyl (C=O) groups excluding carboxylic acids is 1. The summed E-state index contributed by atoms with van der Waals surface area (Å²) in [7, 11) is 0. The zero-order valence-electron chi connectivity index (χ0n) is 13.1. The molecule has 3 N–H and O–H groups in total. The molecule has 1 rings (SSSR count). The largest absolute Gasteiger partial charge is 0.480 e. The van der Waals surface area contributed by atoms with Gasteiger partial charge in [0, 0.05) is 19.6 Å². The minimum Gasteiger partial charge on any atom is -0.480 e. The van der Waals surface area contributed by atoms with Crippen LogP contribution in [-0.4, -0.2) is 66.9 Å². The Morgan fingerprint density at radius 3 is 2.71 bits per heavy atom. The molecule has 21 heavy (non-hydrogen) atoms. The first-order valence-electron chi connectivity index (χ1n) is 7.59. The van der Waals surface area contributed by atoms with Crippen LogP contribution in [0.1, 0.15) is 27.2 Å². The van der Waals surface area contributed by atoms with E-state index in [2.05, 4.69) is 22.5 Å². The first kappa shape index (κ1) is 17.7. The van der Waals surface area contributed by atoms with Gasteiger partial charge in [0.15, 0.2) is 0 Å². The second-order valence-electron chi connectivity index (χ2n) is 5.44. The van der Waals surface area contributed by atoms with E-state index in [0.29, 0.717) is 19.6 Å². The van der Waals surface area contributed by atoms with Crippen molar-refractivity contribution in [3.63, 3.8) is 0 Å². The fourth-order valence-corrected chi connectivity index (χ4v) is 2.27. The van der Waals surface area contributed by atoms with Crippen molar-refractivity contribution in [1.82, 2.24) is 15.5 Å². The smallest absolute Gasteiger partial charge is 0.326 e. The Hall–Kier alpha value is -1.34. The maximum absolute atomic E-state index is 11.8. The van der Waals surface area contributed by atoms with Crippen LogP contribution in [0.4, 0.5) is 4.79 Å². The van der Waals surface area contributed by atoms with Crippen LogP contribution < -0.4 is 10.6 Å². The van der Waals surface area contributed by atoms with Gasteiger partial charge in [0.2, 0.25) is 0 Å². The van der Waals surface area contributed by atoms with Gasteiger partial charge >= 0.3 is 12.0 Å². The molecule has 0 spiro atoms. The molecule has 0 radical (unpaired) electrons. The standard InChI is InChI=1S/C14H27N3O4/c1-4-10(3)12(13(18)19)16-14(20)15-8-11-9-17(5-2)6-7-21-11/h10-12H,4-9H2,1-3H3,(H,18,19)(H2,15,16,20)/t10-,11?,12-/m0/s1. The first-order valence-corrected chi connectivity index (χ1v) is 7.59. The number of aliphatic carboxylic acids is 1. The number of rotatable bonds is 7. The molecule has 3 atom stereocenters. The number of nitrogens with zero attached hydrogens (tertiary/aromatic N) is 1. The number of nitrogens with one attached hydrogen (secondary N) is 2. The number of amides is 2. The van der Waals surface area contributed by atoms with E-state index < -0.39 is 18.0 Å². The maximum Gasteiger partial charge on any atom is 0.326 e. The van der Waals surface area contributed by atoms with Crippen molar-refractivity contribution in [2.75, 3.05) is 32.8 Å². The van der Waals surface area contributed by atoms with Gasteiger partial charge in [0.1, 0.15) is 6.04 Å². The Morgan fingerprint density at radius 1 is 1.43 bits per heavy atom. The molecular weight excluding hydrogens is 274 g/mol. The average Bonchev–Trinajstić information content (AvgIpc) is 2.49. The number of carbonyl (C=O) groups is 2. The highest BCUT2D eigenvalue weighted by Gasteiger charge is 2.26. The topological polar surface area (TPSA) is 90.9 Å². The zero-order valence-corrected chi connectivity index (χ0v) is 13.1. The summed E-state index contributed by atoms with van der Waals surface area (Å²) in [6.45, 7) is 9.49. The summed E-state index contributed by atoms with van der Waals surface area (Å²) >= 11 is 0. The van der Waals surface area contributed by atoms with E-state index in [1.165, 1.54) is 0 Å². The van der Waals surface area contributed by atoms with Crippen LogP contribution in [0, 0.1) is 5.92 Å². The lowest BCUT2D eigenvalue weighted by molar-refractivity contribution is -0.140. The Labute approximate surface area is 126 Å². The number of morpholine rings is 1. The Bertz CT molecular complexity index is 351. The van der Waals surface area contributed by atoms with E-state index >= 15 is 0 Å². The van der Waals surface area contributed by atoms with Crippen molar-refractivity contribution in [1.29, 1.82) is 0 Å². The molecule has 0 bridgehead atoms. The summed E-state index contributed by atoms with van der Waals surface area (Å²) in [6, 6.07) is -1.32. The zero-order chi connectivity index (χ0) is 15.8. The average molecular weight is 301 g/mol. The Balaban J connectivity index is 2.37. The molecule has 7 nitrogen and oxygen atoms in total. The molecule has 1 heterocycles. The van der Waals surface area contributed by atoms with E-state index in [-0.39, 0.29) is 12.0 Å². The fourth-order valence-electron chi connectivity index (χ4n) is 2.27. The highest BCUT2D eigenvalue weighted by atomic mass is 16.5. The van der Waals surface area contributed by atoms with Gasteiger partial charge < -0.3 is 20.5 Å². The van der Waals surface area contributed by atoms with E-state index in [1.54, 1.807) is 0 Å². The van der Waals surface area contributed by atoms with Crippen LogP contribution >= 0.6 is 0 Å². The van der Waals surface area contributed by atoms with Gasteiger partial charge in [-0.1, -0.05) is 27.2 Å². The Kier molecular flexibility index (Phi) is 7.45. The number of hydrogen-bond acceptors (Lipinski definition) is 4. The van der Waals surface area contributed by atoms with E-state index in [4.69, 9.17) is 9.84 Å². The highest BCUT2D eigenvalue weighted by molar-refractivity contribution is 5.82. The fraction of sp³-hybridized carbons (Fsp3) is 0.857. The van der Waals surface area contributed by atoms with Gasteiger partial charge in [-0.05, 0) is 12.5 Å². The van der Waals surface area contributed by atoms with Crippen LogP contribution in [0.2, 0.25) is 0 Å².